The second kappa shape index (κ2) is 8.17. The molecule has 68 valence electrons. The molecule has 0 aromatic heterocycles. The van der Waals surface area contributed by atoms with E-state index in [0.29, 0.717) is 19.6 Å². The van der Waals surface area contributed by atoms with Gasteiger partial charge in [-0.15, -0.1) is 0 Å². The van der Waals surface area contributed by atoms with Crippen LogP contribution in [-0.2, 0) is 13.6 Å². The highest BCUT2D eigenvalue weighted by Crippen LogP contribution is 2.22. The lowest BCUT2D eigenvalue weighted by Crippen LogP contribution is -2.02. The standard InChI is InChI=1S/C5H14NO4P/c6-2-1-4-9-11(8)10-5-3-7/h7,11H,1-6H2. The van der Waals surface area contributed by atoms with Gasteiger partial charge in [-0.1, -0.05) is 0 Å². The summed E-state index contributed by atoms with van der Waals surface area (Å²) in [5.41, 5.74) is 5.16. The molecule has 0 rings (SSSR count). The number of hydrogen-bond donors (Lipinski definition) is 2. The first-order chi connectivity index (χ1) is 5.31. The van der Waals surface area contributed by atoms with Crippen molar-refractivity contribution >= 4 is 8.25 Å². The molecule has 1 unspecified atom stereocenters. The Kier molecular flexibility index (Phi) is 8.22. The van der Waals surface area contributed by atoms with Gasteiger partial charge in [-0.25, -0.2) is 0 Å². The maximum atomic E-state index is 10.7. The van der Waals surface area contributed by atoms with E-state index in [-0.39, 0.29) is 13.2 Å². The Balaban J connectivity index is 3.09. The van der Waals surface area contributed by atoms with E-state index in [1.54, 1.807) is 0 Å². The normalized spacial score (nSPS) is 13.3. The Morgan fingerprint density at radius 3 is 2.55 bits per heavy atom. The van der Waals surface area contributed by atoms with Gasteiger partial charge in [-0.3, -0.25) is 4.57 Å². The Morgan fingerprint density at radius 2 is 2.00 bits per heavy atom. The molecule has 3 N–H and O–H groups in total. The van der Waals surface area contributed by atoms with Crippen LogP contribution < -0.4 is 5.73 Å². The maximum absolute atomic E-state index is 10.7. The largest absolute Gasteiger partial charge is 0.394 e. The topological polar surface area (TPSA) is 81.8 Å². The SMILES string of the molecule is NCCCO[PH](=O)OCCO. The fourth-order valence-electron chi connectivity index (χ4n) is 0.409. The molecule has 0 saturated carbocycles. The third-order valence-corrected chi connectivity index (χ3v) is 1.76. The molecule has 0 fully saturated rings. The third-order valence-electron chi connectivity index (χ3n) is 0.880. The maximum Gasteiger partial charge on any atom is 0.319 e. The average molecular weight is 183 g/mol. The van der Waals surface area contributed by atoms with Crippen molar-refractivity contribution in [1.29, 1.82) is 0 Å². The molecule has 0 spiro atoms. The van der Waals surface area contributed by atoms with Gasteiger partial charge in [0.2, 0.25) is 0 Å². The Hall–Kier alpha value is 0.0700. The molecule has 0 bridgehead atoms. The van der Waals surface area contributed by atoms with E-state index < -0.39 is 8.25 Å². The van der Waals surface area contributed by atoms with E-state index in [1.165, 1.54) is 0 Å². The second-order valence-corrected chi connectivity index (χ2v) is 2.89. The molecule has 6 heteroatoms. The Morgan fingerprint density at radius 1 is 1.36 bits per heavy atom. The highest BCUT2D eigenvalue weighted by atomic mass is 31.1. The van der Waals surface area contributed by atoms with Crippen LogP contribution in [0.3, 0.4) is 0 Å². The zero-order chi connectivity index (χ0) is 8.53. The molecule has 1 atom stereocenters. The van der Waals surface area contributed by atoms with E-state index >= 15 is 0 Å². The van der Waals surface area contributed by atoms with E-state index in [9.17, 15) is 4.57 Å². The van der Waals surface area contributed by atoms with Crippen LogP contribution >= 0.6 is 8.25 Å². The van der Waals surface area contributed by atoms with Crippen molar-refractivity contribution in [3.05, 3.63) is 0 Å². The summed E-state index contributed by atoms with van der Waals surface area (Å²) in [4.78, 5) is 0. The first-order valence-electron chi connectivity index (χ1n) is 3.41. The highest BCUT2D eigenvalue weighted by Gasteiger charge is 1.96. The fraction of sp³-hybridized carbons (Fsp3) is 1.00. The molecule has 0 radical (unpaired) electrons. The molecular weight excluding hydrogens is 169 g/mol. The summed E-state index contributed by atoms with van der Waals surface area (Å²) in [5.74, 6) is 0. The van der Waals surface area contributed by atoms with Gasteiger partial charge >= 0.3 is 8.25 Å². The van der Waals surface area contributed by atoms with E-state index in [0.717, 1.165) is 0 Å². The van der Waals surface area contributed by atoms with Crippen molar-refractivity contribution in [3.63, 3.8) is 0 Å². The highest BCUT2D eigenvalue weighted by molar-refractivity contribution is 7.33. The van der Waals surface area contributed by atoms with Gasteiger partial charge in [0, 0.05) is 0 Å². The van der Waals surface area contributed by atoms with Crippen molar-refractivity contribution in [2.75, 3.05) is 26.4 Å². The molecule has 5 nitrogen and oxygen atoms in total. The van der Waals surface area contributed by atoms with Gasteiger partial charge in [0.1, 0.15) is 0 Å². The summed E-state index contributed by atoms with van der Waals surface area (Å²) < 4.78 is 20.0. The van der Waals surface area contributed by atoms with Crippen LogP contribution in [0.5, 0.6) is 0 Å². The predicted molar refractivity (Wildman–Crippen MR) is 41.7 cm³/mol. The molecule has 0 heterocycles. The van der Waals surface area contributed by atoms with Crippen molar-refractivity contribution in [3.8, 4) is 0 Å². The van der Waals surface area contributed by atoms with Crippen molar-refractivity contribution in [1.82, 2.24) is 0 Å². The predicted octanol–water partition coefficient (Wildman–Crippen LogP) is -0.250. The van der Waals surface area contributed by atoms with Gasteiger partial charge in [-0.2, -0.15) is 0 Å². The zero-order valence-electron chi connectivity index (χ0n) is 6.28. The molecule has 0 aliphatic rings. The molecule has 0 aliphatic carbocycles. The van der Waals surface area contributed by atoms with Crippen molar-refractivity contribution in [2.45, 2.75) is 6.42 Å². The summed E-state index contributed by atoms with van der Waals surface area (Å²) in [7, 11) is -2.39. The summed E-state index contributed by atoms with van der Waals surface area (Å²) in [6.07, 6.45) is 0.666. The quantitative estimate of drug-likeness (QED) is 0.420. The number of rotatable bonds is 7. The van der Waals surface area contributed by atoms with E-state index in [4.69, 9.17) is 15.4 Å². The minimum atomic E-state index is -2.39. The molecule has 11 heavy (non-hydrogen) atoms. The van der Waals surface area contributed by atoms with Crippen LogP contribution in [0.1, 0.15) is 6.42 Å². The van der Waals surface area contributed by atoms with Crippen LogP contribution in [-0.4, -0.2) is 31.5 Å². The molecular formula is C5H14NO4P. The van der Waals surface area contributed by atoms with Crippen molar-refractivity contribution < 1.29 is 18.7 Å². The average Bonchev–Trinajstić information content (AvgIpc) is 2.01. The molecule has 0 amide bonds. The number of hydrogen-bond acceptors (Lipinski definition) is 5. The molecule has 0 aliphatic heterocycles. The van der Waals surface area contributed by atoms with Gasteiger partial charge < -0.3 is 19.9 Å². The van der Waals surface area contributed by atoms with Crippen LogP contribution in [0, 0.1) is 0 Å². The summed E-state index contributed by atoms with van der Waals surface area (Å²) >= 11 is 0. The summed E-state index contributed by atoms with van der Waals surface area (Å²) in [5, 5.41) is 8.26. The molecule has 0 aromatic carbocycles. The van der Waals surface area contributed by atoms with Gasteiger partial charge in [0.15, 0.2) is 0 Å². The first kappa shape index (κ1) is 11.1. The second-order valence-electron chi connectivity index (χ2n) is 1.81. The molecule has 0 aromatic rings. The lowest BCUT2D eigenvalue weighted by molar-refractivity contribution is 0.174. The first-order valence-corrected chi connectivity index (χ1v) is 4.64. The van der Waals surface area contributed by atoms with Crippen LogP contribution in [0.15, 0.2) is 0 Å². The van der Waals surface area contributed by atoms with Gasteiger partial charge in [0.25, 0.3) is 0 Å². The van der Waals surface area contributed by atoms with Crippen LogP contribution in [0.25, 0.3) is 0 Å². The Labute approximate surface area is 66.4 Å². The lowest BCUT2D eigenvalue weighted by atomic mass is 10.5. The fourth-order valence-corrected chi connectivity index (χ4v) is 1.06. The van der Waals surface area contributed by atoms with Crippen molar-refractivity contribution in [2.24, 2.45) is 5.73 Å². The van der Waals surface area contributed by atoms with Gasteiger partial charge in [0.05, 0.1) is 19.8 Å². The van der Waals surface area contributed by atoms with Crippen LogP contribution in [0.4, 0.5) is 0 Å². The third kappa shape index (κ3) is 7.97. The van der Waals surface area contributed by atoms with Crippen LogP contribution in [0.2, 0.25) is 0 Å². The zero-order valence-corrected chi connectivity index (χ0v) is 7.28. The minimum Gasteiger partial charge on any atom is -0.394 e. The number of aliphatic hydroxyl groups is 1. The summed E-state index contributed by atoms with van der Waals surface area (Å²) in [6, 6.07) is 0. The lowest BCUT2D eigenvalue weighted by Gasteiger charge is -2.02. The minimum absolute atomic E-state index is 0.0560. The molecule has 0 saturated heterocycles. The van der Waals surface area contributed by atoms with Gasteiger partial charge in [-0.05, 0) is 13.0 Å². The number of nitrogens with two attached hydrogens (primary N) is 1. The smallest absolute Gasteiger partial charge is 0.319 e. The summed E-state index contributed by atoms with van der Waals surface area (Å²) in [6.45, 7) is 0.770. The number of aliphatic hydroxyl groups excluding tert-OH is 1. The van der Waals surface area contributed by atoms with E-state index in [2.05, 4.69) is 4.52 Å². The Bertz CT molecular complexity index is 111. The van der Waals surface area contributed by atoms with E-state index in [1.807, 2.05) is 0 Å². The monoisotopic (exact) mass is 183 g/mol.